The van der Waals surface area contributed by atoms with Crippen molar-refractivity contribution in [1.29, 1.82) is 5.26 Å². The van der Waals surface area contributed by atoms with Crippen LogP contribution in [0.15, 0.2) is 15.8 Å². The third-order valence-corrected chi connectivity index (χ3v) is 10.3. The Morgan fingerprint density at radius 2 is 2.00 bits per heavy atom. The van der Waals surface area contributed by atoms with Crippen LogP contribution in [0.4, 0.5) is 0 Å². The molecule has 0 aromatic carbocycles. The summed E-state index contributed by atoms with van der Waals surface area (Å²) in [4.78, 5) is 27.4. The Hall–Kier alpha value is -1.85. The molecule has 12 nitrogen and oxygen atoms in total. The number of nitriles is 1. The molecule has 2 heterocycles. The summed E-state index contributed by atoms with van der Waals surface area (Å²) < 4.78 is 39.0. The third-order valence-electron chi connectivity index (χ3n) is 6.24. The van der Waals surface area contributed by atoms with Gasteiger partial charge in [-0.15, -0.1) is 0 Å². The molecule has 2 rings (SSSR count). The Balaban J connectivity index is 2.27. The van der Waals surface area contributed by atoms with Crippen LogP contribution in [0.2, 0.25) is 0 Å². The summed E-state index contributed by atoms with van der Waals surface area (Å²) in [6.07, 6.45) is 1.68. The predicted molar refractivity (Wildman–Crippen MR) is 153 cm³/mol. The molecule has 1 aliphatic rings. The number of H-pyrrole nitrogens is 1. The lowest BCUT2D eigenvalue weighted by Crippen LogP contribution is -2.36. The third kappa shape index (κ3) is 10.2. The number of hydrogen-bond acceptors (Lipinski definition) is 10. The van der Waals surface area contributed by atoms with E-state index in [4.69, 9.17) is 23.6 Å². The molecule has 0 bridgehead atoms. The highest BCUT2D eigenvalue weighted by Crippen LogP contribution is 2.50. The Morgan fingerprint density at radius 1 is 1.30 bits per heavy atom. The molecule has 0 aliphatic carbocycles. The van der Waals surface area contributed by atoms with Crippen molar-refractivity contribution in [3.63, 3.8) is 0 Å². The van der Waals surface area contributed by atoms with Crippen LogP contribution in [0.1, 0.15) is 71.6 Å². The zero-order chi connectivity index (χ0) is 29.9. The second-order valence-corrected chi connectivity index (χ2v) is 14.3. The minimum absolute atomic E-state index is 0.101. The molecule has 0 amide bonds. The molecular formula is C26H42N4O8P2. The first-order valence-corrected chi connectivity index (χ1v) is 16.8. The van der Waals surface area contributed by atoms with Crippen LogP contribution in [0.25, 0.3) is 0 Å². The average molecular weight is 601 g/mol. The van der Waals surface area contributed by atoms with E-state index in [1.807, 2.05) is 27.7 Å². The van der Waals surface area contributed by atoms with Crippen LogP contribution in [-0.4, -0.2) is 76.8 Å². The Bertz CT molecular complexity index is 1210. The number of aliphatic hydroxyl groups is 1. The van der Waals surface area contributed by atoms with Gasteiger partial charge in [-0.2, -0.15) is 5.26 Å². The predicted octanol–water partition coefficient (Wildman–Crippen LogP) is 3.55. The van der Waals surface area contributed by atoms with Gasteiger partial charge in [-0.05, 0) is 40.5 Å². The zero-order valence-corrected chi connectivity index (χ0v) is 26.0. The molecular weight excluding hydrogens is 558 g/mol. The molecule has 1 aromatic heterocycles. The van der Waals surface area contributed by atoms with Crippen molar-refractivity contribution >= 4 is 15.9 Å². The Labute approximate surface area is 237 Å². The Morgan fingerprint density at radius 3 is 2.60 bits per heavy atom. The topological polar surface area (TPSA) is 156 Å². The van der Waals surface area contributed by atoms with E-state index in [-0.39, 0.29) is 50.1 Å². The fraction of sp³-hybridized carbons (Fsp3) is 0.731. The number of unbranched alkanes of at least 4 members (excludes halogenated alkanes) is 1. The van der Waals surface area contributed by atoms with E-state index in [0.29, 0.717) is 19.0 Å². The second kappa shape index (κ2) is 16.6. The lowest BCUT2D eigenvalue weighted by atomic mass is 10.1. The smallest absolute Gasteiger partial charge is 0.330 e. The summed E-state index contributed by atoms with van der Waals surface area (Å²) in [5.41, 5.74) is -1.15. The molecule has 1 aliphatic heterocycles. The molecule has 224 valence electrons. The van der Waals surface area contributed by atoms with Crippen molar-refractivity contribution < 1.29 is 28.0 Å². The molecule has 0 saturated carbocycles. The van der Waals surface area contributed by atoms with E-state index in [1.54, 1.807) is 6.66 Å². The Kier molecular flexibility index (Phi) is 14.2. The molecule has 0 spiro atoms. The number of nitrogens with one attached hydrogen (secondary N) is 1. The van der Waals surface area contributed by atoms with Gasteiger partial charge in [0, 0.05) is 57.7 Å². The number of aromatic nitrogens is 2. The van der Waals surface area contributed by atoms with Crippen molar-refractivity contribution in [3.05, 3.63) is 32.6 Å². The highest BCUT2D eigenvalue weighted by molar-refractivity contribution is 7.58. The number of hydrogen-bond donors (Lipinski definition) is 2. The average Bonchev–Trinajstić information content (AvgIpc) is 3.26. The van der Waals surface area contributed by atoms with Gasteiger partial charge in [0.05, 0.1) is 31.3 Å². The van der Waals surface area contributed by atoms with Crippen molar-refractivity contribution in [3.8, 4) is 17.9 Å². The van der Waals surface area contributed by atoms with Crippen LogP contribution in [-0.2, 0) is 22.9 Å². The number of nitrogens with zero attached hydrogens (tertiary/aromatic N) is 3. The van der Waals surface area contributed by atoms with Crippen molar-refractivity contribution in [2.75, 3.05) is 33.2 Å². The van der Waals surface area contributed by atoms with E-state index in [2.05, 4.69) is 27.6 Å². The van der Waals surface area contributed by atoms with Gasteiger partial charge in [-0.25, -0.2) is 9.46 Å². The number of ether oxygens (including phenoxy) is 1. The van der Waals surface area contributed by atoms with Gasteiger partial charge in [-0.1, -0.05) is 11.8 Å². The SMILES string of the molecule is COP(C)(=O)CCCC#Cc1cn(C2CC(OP(OCCC#N)N(C(C)C)C(C)C)C(CCO)O2)c(=O)[nH]c1=O. The minimum atomic E-state index is -2.63. The minimum Gasteiger partial charge on any atom is -0.396 e. The van der Waals surface area contributed by atoms with Crippen LogP contribution < -0.4 is 11.2 Å². The number of aliphatic hydroxyl groups excluding tert-OH is 1. The molecule has 5 atom stereocenters. The van der Waals surface area contributed by atoms with Crippen molar-refractivity contribution in [1.82, 2.24) is 14.2 Å². The highest BCUT2D eigenvalue weighted by atomic mass is 31.2. The van der Waals surface area contributed by atoms with Crippen LogP contribution in [0.3, 0.4) is 0 Å². The maximum absolute atomic E-state index is 12.7. The van der Waals surface area contributed by atoms with Gasteiger partial charge in [0.25, 0.3) is 14.1 Å². The summed E-state index contributed by atoms with van der Waals surface area (Å²) in [5.74, 6) is 5.69. The first-order chi connectivity index (χ1) is 18.9. The van der Waals surface area contributed by atoms with E-state index in [0.717, 1.165) is 0 Å². The summed E-state index contributed by atoms with van der Waals surface area (Å²) in [6, 6.07) is 2.28. The van der Waals surface area contributed by atoms with Crippen molar-refractivity contribution in [2.24, 2.45) is 0 Å². The van der Waals surface area contributed by atoms with E-state index >= 15 is 0 Å². The quantitative estimate of drug-likeness (QED) is 0.173. The molecule has 1 aromatic rings. The lowest BCUT2D eigenvalue weighted by molar-refractivity contribution is -0.0289. The van der Waals surface area contributed by atoms with Crippen LogP contribution in [0, 0.1) is 23.2 Å². The molecule has 0 radical (unpaired) electrons. The largest absolute Gasteiger partial charge is 0.396 e. The molecule has 1 fully saturated rings. The summed E-state index contributed by atoms with van der Waals surface area (Å²) in [5, 5.41) is 18.6. The molecule has 5 unspecified atom stereocenters. The summed E-state index contributed by atoms with van der Waals surface area (Å²) >= 11 is 0. The van der Waals surface area contributed by atoms with Crippen LogP contribution in [0.5, 0.6) is 0 Å². The van der Waals surface area contributed by atoms with Gasteiger partial charge in [-0.3, -0.25) is 18.9 Å². The highest BCUT2D eigenvalue weighted by Gasteiger charge is 2.41. The van der Waals surface area contributed by atoms with Gasteiger partial charge >= 0.3 is 5.69 Å². The van der Waals surface area contributed by atoms with Gasteiger partial charge in [0.1, 0.15) is 11.8 Å². The zero-order valence-electron chi connectivity index (χ0n) is 24.2. The molecule has 2 N–H and O–H groups in total. The normalized spacial score (nSPS) is 21.3. The fourth-order valence-corrected chi connectivity index (χ4v) is 6.94. The van der Waals surface area contributed by atoms with E-state index in [9.17, 15) is 19.3 Å². The van der Waals surface area contributed by atoms with Gasteiger partial charge in [0.15, 0.2) is 7.37 Å². The van der Waals surface area contributed by atoms with E-state index < -0.39 is 45.6 Å². The summed E-state index contributed by atoms with van der Waals surface area (Å²) in [6.45, 7) is 9.77. The van der Waals surface area contributed by atoms with Crippen LogP contribution >= 0.6 is 15.9 Å². The first-order valence-electron chi connectivity index (χ1n) is 13.4. The maximum atomic E-state index is 12.7. The summed E-state index contributed by atoms with van der Waals surface area (Å²) in [7, 11) is -2.79. The maximum Gasteiger partial charge on any atom is 0.330 e. The lowest BCUT2D eigenvalue weighted by Gasteiger charge is -2.37. The van der Waals surface area contributed by atoms with Gasteiger partial charge < -0.3 is 23.4 Å². The first kappa shape index (κ1) is 34.4. The number of aromatic amines is 1. The van der Waals surface area contributed by atoms with E-state index in [1.165, 1.54) is 17.9 Å². The van der Waals surface area contributed by atoms with Crippen molar-refractivity contribution in [2.45, 2.75) is 90.3 Å². The molecule has 1 saturated heterocycles. The standard InChI is InChI=1S/C26H42N4O8P2/c1-19(2)30(20(3)4)39(36-15-10-13-27)38-23-17-24(37-22(23)12-14-31)29-18-21(25(32)28-26(29)33)11-8-7-9-16-40(6,34)35-5/h18-20,22-24,31H,7,9-10,12,14-17H2,1-6H3,(H,28,32,33). The van der Waals surface area contributed by atoms with Gasteiger partial charge in [0.2, 0.25) is 0 Å². The second-order valence-electron chi connectivity index (χ2n) is 10.1. The molecule has 40 heavy (non-hydrogen) atoms. The number of rotatable bonds is 15. The fourth-order valence-electron chi connectivity index (χ4n) is 4.27. The monoisotopic (exact) mass is 600 g/mol. The molecule has 14 heteroatoms.